The van der Waals surface area contributed by atoms with Gasteiger partial charge in [-0.3, -0.25) is 14.5 Å². The number of rotatable bonds is 6. The van der Waals surface area contributed by atoms with Gasteiger partial charge in [-0.25, -0.2) is 0 Å². The fourth-order valence-electron chi connectivity index (χ4n) is 4.19. The molecule has 1 saturated carbocycles. The lowest BCUT2D eigenvalue weighted by Gasteiger charge is -2.55. The van der Waals surface area contributed by atoms with E-state index in [1.54, 1.807) is 7.05 Å². The van der Waals surface area contributed by atoms with E-state index in [0.29, 0.717) is 26.1 Å². The second-order valence-electron chi connectivity index (χ2n) is 8.23. The van der Waals surface area contributed by atoms with Crippen LogP contribution in [-0.2, 0) is 20.7 Å². The number of morpholine rings is 1. The molecular formula is C21H29N3O3. The summed E-state index contributed by atoms with van der Waals surface area (Å²) in [6.45, 7) is 3.40. The zero-order chi connectivity index (χ0) is 18.9. The van der Waals surface area contributed by atoms with Gasteiger partial charge in [-0.1, -0.05) is 30.3 Å². The van der Waals surface area contributed by atoms with Crippen LogP contribution in [0.25, 0.3) is 0 Å². The van der Waals surface area contributed by atoms with Crippen LogP contribution in [0.1, 0.15) is 24.8 Å². The summed E-state index contributed by atoms with van der Waals surface area (Å²) in [6, 6.07) is 9.92. The third-order valence-corrected chi connectivity index (χ3v) is 6.00. The monoisotopic (exact) mass is 371 g/mol. The molecule has 6 nitrogen and oxygen atoms in total. The smallest absolute Gasteiger partial charge is 0.239 e. The van der Waals surface area contributed by atoms with Gasteiger partial charge in [0.05, 0.1) is 19.7 Å². The van der Waals surface area contributed by atoms with Gasteiger partial charge in [0, 0.05) is 26.6 Å². The van der Waals surface area contributed by atoms with E-state index in [-0.39, 0.29) is 23.5 Å². The minimum absolute atomic E-state index is 0.0283. The van der Waals surface area contributed by atoms with Gasteiger partial charge < -0.3 is 15.0 Å². The standard InChI is InChI=1S/C21H29N3O3/c1-22-20(26)18-12-27-21(13-23(18)11-17-7-8-17)14-24(15-21)19(25)10-9-16-5-3-2-4-6-16/h2-6,17-18H,7-15H2,1H3,(H,22,26)/t18-/m1/s1. The van der Waals surface area contributed by atoms with Gasteiger partial charge >= 0.3 is 0 Å². The summed E-state index contributed by atoms with van der Waals surface area (Å²) >= 11 is 0. The van der Waals surface area contributed by atoms with Crippen LogP contribution in [0.4, 0.5) is 0 Å². The lowest BCUT2D eigenvalue weighted by molar-refractivity contribution is -0.204. The van der Waals surface area contributed by atoms with Crippen molar-refractivity contribution in [1.82, 2.24) is 15.1 Å². The molecule has 0 bridgehead atoms. The van der Waals surface area contributed by atoms with Crippen LogP contribution >= 0.6 is 0 Å². The second kappa shape index (κ2) is 7.60. The molecule has 3 aliphatic rings. The minimum Gasteiger partial charge on any atom is -0.368 e. The van der Waals surface area contributed by atoms with E-state index >= 15 is 0 Å². The molecule has 6 heteroatoms. The number of hydrogen-bond acceptors (Lipinski definition) is 4. The highest BCUT2D eigenvalue weighted by Crippen LogP contribution is 2.36. The van der Waals surface area contributed by atoms with Crippen molar-refractivity contribution in [3.05, 3.63) is 35.9 Å². The van der Waals surface area contributed by atoms with Crippen LogP contribution in [-0.4, -0.2) is 73.1 Å². The normalized spacial score (nSPS) is 24.5. The molecule has 2 aliphatic heterocycles. The van der Waals surface area contributed by atoms with Gasteiger partial charge in [0.1, 0.15) is 11.6 Å². The van der Waals surface area contributed by atoms with E-state index in [1.807, 2.05) is 23.1 Å². The van der Waals surface area contributed by atoms with Gasteiger partial charge in [-0.2, -0.15) is 0 Å². The minimum atomic E-state index is -0.290. The first-order chi connectivity index (χ1) is 13.1. The number of likely N-dealkylation sites (N-methyl/N-ethyl adjacent to an activating group) is 1. The zero-order valence-electron chi connectivity index (χ0n) is 16.0. The van der Waals surface area contributed by atoms with Crippen molar-refractivity contribution in [2.45, 2.75) is 37.3 Å². The number of hydrogen-bond donors (Lipinski definition) is 1. The van der Waals surface area contributed by atoms with Gasteiger partial charge in [0.15, 0.2) is 0 Å². The molecule has 2 saturated heterocycles. The van der Waals surface area contributed by atoms with E-state index in [2.05, 4.69) is 22.3 Å². The van der Waals surface area contributed by atoms with Crippen molar-refractivity contribution in [3.8, 4) is 0 Å². The largest absolute Gasteiger partial charge is 0.368 e. The molecule has 3 fully saturated rings. The average molecular weight is 371 g/mol. The Bertz CT molecular complexity index is 683. The van der Waals surface area contributed by atoms with Crippen LogP contribution in [0, 0.1) is 5.92 Å². The molecule has 1 aromatic rings. The number of amides is 2. The molecule has 1 atom stereocenters. The number of carbonyl (C=O) groups excluding carboxylic acids is 2. The summed E-state index contributed by atoms with van der Waals surface area (Å²) in [5, 5.41) is 2.76. The molecule has 1 aromatic carbocycles. The van der Waals surface area contributed by atoms with Crippen molar-refractivity contribution in [2.24, 2.45) is 5.92 Å². The van der Waals surface area contributed by atoms with Crippen molar-refractivity contribution in [1.29, 1.82) is 0 Å². The SMILES string of the molecule is CNC(=O)[C@H]1COC2(CN(C(=O)CCc3ccccc3)C2)CN1CC1CC1. The molecule has 4 rings (SSSR count). The number of nitrogens with zero attached hydrogens (tertiary/aromatic N) is 2. The van der Waals surface area contributed by atoms with Gasteiger partial charge in [0.25, 0.3) is 0 Å². The van der Waals surface area contributed by atoms with Crippen LogP contribution in [0.2, 0.25) is 0 Å². The topological polar surface area (TPSA) is 61.9 Å². The first-order valence-electron chi connectivity index (χ1n) is 10.00. The number of likely N-dealkylation sites (tertiary alicyclic amines) is 1. The fourth-order valence-corrected chi connectivity index (χ4v) is 4.19. The summed E-state index contributed by atoms with van der Waals surface area (Å²) in [5.41, 5.74) is 0.904. The second-order valence-corrected chi connectivity index (χ2v) is 8.23. The van der Waals surface area contributed by atoms with E-state index in [0.717, 1.165) is 25.4 Å². The Morgan fingerprint density at radius 3 is 2.59 bits per heavy atom. The molecule has 0 unspecified atom stereocenters. The number of benzene rings is 1. The predicted molar refractivity (Wildman–Crippen MR) is 102 cm³/mol. The van der Waals surface area contributed by atoms with Crippen molar-refractivity contribution < 1.29 is 14.3 Å². The maximum Gasteiger partial charge on any atom is 0.239 e. The summed E-state index contributed by atoms with van der Waals surface area (Å²) in [7, 11) is 1.68. The Morgan fingerprint density at radius 2 is 1.93 bits per heavy atom. The highest BCUT2D eigenvalue weighted by molar-refractivity contribution is 5.82. The molecule has 146 valence electrons. The molecule has 2 heterocycles. The number of carbonyl (C=O) groups is 2. The Labute approximate surface area is 160 Å². The fraction of sp³-hybridized carbons (Fsp3) is 0.619. The number of aryl methyl sites for hydroxylation is 1. The van der Waals surface area contributed by atoms with Crippen LogP contribution in [0.15, 0.2) is 30.3 Å². The Kier molecular flexibility index (Phi) is 5.19. The van der Waals surface area contributed by atoms with Crippen molar-refractivity contribution >= 4 is 11.8 Å². The molecule has 2 amide bonds. The first-order valence-corrected chi connectivity index (χ1v) is 10.00. The Balaban J connectivity index is 1.30. The number of nitrogens with one attached hydrogen (secondary N) is 1. The van der Waals surface area contributed by atoms with E-state index in [9.17, 15) is 9.59 Å². The maximum atomic E-state index is 12.5. The predicted octanol–water partition coefficient (Wildman–Crippen LogP) is 1.06. The third kappa shape index (κ3) is 4.17. The van der Waals surface area contributed by atoms with Gasteiger partial charge in [-0.15, -0.1) is 0 Å². The first kappa shape index (κ1) is 18.4. The zero-order valence-corrected chi connectivity index (χ0v) is 16.0. The lowest BCUT2D eigenvalue weighted by atomic mass is 9.89. The van der Waals surface area contributed by atoms with Crippen molar-refractivity contribution in [2.75, 3.05) is 39.8 Å². The average Bonchev–Trinajstić information content (AvgIpc) is 3.48. The Morgan fingerprint density at radius 1 is 1.19 bits per heavy atom. The summed E-state index contributed by atoms with van der Waals surface area (Å²) in [6.07, 6.45) is 3.83. The maximum absolute atomic E-state index is 12.5. The van der Waals surface area contributed by atoms with Crippen molar-refractivity contribution in [3.63, 3.8) is 0 Å². The molecule has 1 N–H and O–H groups in total. The Hall–Kier alpha value is -1.92. The highest BCUT2D eigenvalue weighted by Gasteiger charge is 2.52. The highest BCUT2D eigenvalue weighted by atomic mass is 16.5. The van der Waals surface area contributed by atoms with Crippen LogP contribution in [0.3, 0.4) is 0 Å². The van der Waals surface area contributed by atoms with E-state index < -0.39 is 0 Å². The third-order valence-electron chi connectivity index (χ3n) is 6.00. The van der Waals surface area contributed by atoms with E-state index in [1.165, 1.54) is 18.4 Å². The summed E-state index contributed by atoms with van der Waals surface area (Å²) < 4.78 is 6.12. The molecule has 27 heavy (non-hydrogen) atoms. The van der Waals surface area contributed by atoms with Gasteiger partial charge in [-0.05, 0) is 30.7 Å². The summed E-state index contributed by atoms with van der Waals surface area (Å²) in [4.78, 5) is 28.9. The molecule has 0 aromatic heterocycles. The molecular weight excluding hydrogens is 342 g/mol. The van der Waals surface area contributed by atoms with Crippen LogP contribution < -0.4 is 5.32 Å². The lowest BCUT2D eigenvalue weighted by Crippen LogP contribution is -2.73. The molecule has 1 spiro atoms. The van der Waals surface area contributed by atoms with E-state index in [4.69, 9.17) is 4.74 Å². The van der Waals surface area contributed by atoms with Crippen LogP contribution in [0.5, 0.6) is 0 Å². The van der Waals surface area contributed by atoms with Gasteiger partial charge in [0.2, 0.25) is 11.8 Å². The molecule has 1 aliphatic carbocycles. The quantitative estimate of drug-likeness (QED) is 0.812. The molecule has 0 radical (unpaired) electrons. The number of ether oxygens (including phenoxy) is 1. The summed E-state index contributed by atoms with van der Waals surface area (Å²) in [5.74, 6) is 0.937.